The Labute approximate surface area is 120 Å². The number of furan rings is 1. The van der Waals surface area contributed by atoms with Gasteiger partial charge in [0.2, 0.25) is 5.91 Å². The van der Waals surface area contributed by atoms with Gasteiger partial charge in [0, 0.05) is 20.2 Å². The van der Waals surface area contributed by atoms with Crippen LogP contribution >= 0.6 is 0 Å². The molecular formula is C15H24N2O3. The van der Waals surface area contributed by atoms with Crippen LogP contribution in [0.3, 0.4) is 0 Å². The molecule has 1 unspecified atom stereocenters. The van der Waals surface area contributed by atoms with Crippen LogP contribution in [0.4, 0.5) is 0 Å². The summed E-state index contributed by atoms with van der Waals surface area (Å²) in [7, 11) is 1.65. The summed E-state index contributed by atoms with van der Waals surface area (Å²) in [4.78, 5) is 14.2. The quantitative estimate of drug-likeness (QED) is 0.865. The summed E-state index contributed by atoms with van der Waals surface area (Å²) in [6.45, 7) is 2.59. The van der Waals surface area contributed by atoms with Gasteiger partial charge >= 0.3 is 0 Å². The van der Waals surface area contributed by atoms with Crippen molar-refractivity contribution >= 4 is 5.91 Å². The highest BCUT2D eigenvalue weighted by molar-refractivity contribution is 5.78. The Morgan fingerprint density at radius 1 is 1.40 bits per heavy atom. The van der Waals surface area contributed by atoms with Gasteiger partial charge in [-0.05, 0) is 25.0 Å². The Kier molecular flexibility index (Phi) is 6.08. The van der Waals surface area contributed by atoms with E-state index in [0.717, 1.165) is 31.7 Å². The topological polar surface area (TPSA) is 54.7 Å². The van der Waals surface area contributed by atoms with E-state index >= 15 is 0 Å². The molecule has 112 valence electrons. The Morgan fingerprint density at radius 2 is 2.15 bits per heavy atom. The van der Waals surface area contributed by atoms with Crippen molar-refractivity contribution in [2.45, 2.75) is 31.7 Å². The van der Waals surface area contributed by atoms with Crippen LogP contribution in [0.1, 0.15) is 37.5 Å². The van der Waals surface area contributed by atoms with Gasteiger partial charge in [0.25, 0.3) is 0 Å². The highest BCUT2D eigenvalue weighted by atomic mass is 16.5. The molecule has 0 spiro atoms. The van der Waals surface area contributed by atoms with Crippen LogP contribution in [0.15, 0.2) is 22.8 Å². The molecule has 2 heterocycles. The van der Waals surface area contributed by atoms with Crippen LogP contribution in [-0.4, -0.2) is 44.2 Å². The van der Waals surface area contributed by atoms with Crippen molar-refractivity contribution in [3.05, 3.63) is 24.2 Å². The van der Waals surface area contributed by atoms with Gasteiger partial charge in [-0.15, -0.1) is 0 Å². The minimum Gasteiger partial charge on any atom is -0.468 e. The van der Waals surface area contributed by atoms with Crippen LogP contribution < -0.4 is 5.32 Å². The Bertz CT molecular complexity index is 384. The SMILES string of the molecule is COCC(NCC(=O)N1CCCCCC1)c1ccco1. The fraction of sp³-hybridized carbons (Fsp3) is 0.667. The number of rotatable bonds is 6. The fourth-order valence-electron chi connectivity index (χ4n) is 2.54. The number of ether oxygens (including phenoxy) is 1. The highest BCUT2D eigenvalue weighted by Crippen LogP contribution is 2.14. The molecule has 5 nitrogen and oxygen atoms in total. The smallest absolute Gasteiger partial charge is 0.236 e. The number of hydrogen-bond acceptors (Lipinski definition) is 4. The van der Waals surface area contributed by atoms with E-state index in [1.807, 2.05) is 17.0 Å². The van der Waals surface area contributed by atoms with E-state index in [-0.39, 0.29) is 11.9 Å². The Hall–Kier alpha value is -1.33. The van der Waals surface area contributed by atoms with E-state index in [2.05, 4.69) is 5.32 Å². The maximum Gasteiger partial charge on any atom is 0.236 e. The third-order valence-electron chi connectivity index (χ3n) is 3.68. The van der Waals surface area contributed by atoms with Gasteiger partial charge in [-0.25, -0.2) is 0 Å². The van der Waals surface area contributed by atoms with Crippen molar-refractivity contribution in [1.29, 1.82) is 0 Å². The second-order valence-corrected chi connectivity index (χ2v) is 5.20. The first-order valence-electron chi connectivity index (χ1n) is 7.34. The molecule has 0 saturated carbocycles. The third kappa shape index (κ3) is 4.35. The number of methoxy groups -OCH3 is 1. The summed E-state index contributed by atoms with van der Waals surface area (Å²) < 4.78 is 10.6. The highest BCUT2D eigenvalue weighted by Gasteiger charge is 2.19. The average molecular weight is 280 g/mol. The second-order valence-electron chi connectivity index (χ2n) is 5.20. The van der Waals surface area contributed by atoms with E-state index in [4.69, 9.17) is 9.15 Å². The maximum atomic E-state index is 12.2. The van der Waals surface area contributed by atoms with Crippen molar-refractivity contribution in [3.8, 4) is 0 Å². The third-order valence-corrected chi connectivity index (χ3v) is 3.68. The first kappa shape index (κ1) is 15.1. The van der Waals surface area contributed by atoms with Crippen molar-refractivity contribution in [2.75, 3.05) is 33.4 Å². The summed E-state index contributed by atoms with van der Waals surface area (Å²) in [6.07, 6.45) is 6.33. The Morgan fingerprint density at radius 3 is 2.75 bits per heavy atom. The standard InChI is InChI=1S/C15H24N2O3/c1-19-12-13(14-7-6-10-20-14)16-11-15(18)17-8-4-2-3-5-9-17/h6-7,10,13,16H,2-5,8-9,11-12H2,1H3. The van der Waals surface area contributed by atoms with Crippen molar-refractivity contribution in [1.82, 2.24) is 10.2 Å². The van der Waals surface area contributed by atoms with Crippen LogP contribution in [-0.2, 0) is 9.53 Å². The minimum atomic E-state index is -0.0778. The van der Waals surface area contributed by atoms with Gasteiger partial charge in [-0.1, -0.05) is 12.8 Å². The molecule has 1 aromatic heterocycles. The molecule has 1 aliphatic rings. The summed E-state index contributed by atoms with van der Waals surface area (Å²) in [5, 5.41) is 3.23. The fourth-order valence-corrected chi connectivity index (χ4v) is 2.54. The molecule has 5 heteroatoms. The first-order chi connectivity index (χ1) is 9.81. The van der Waals surface area contributed by atoms with Crippen molar-refractivity contribution in [3.63, 3.8) is 0 Å². The molecule has 0 radical (unpaired) electrons. The minimum absolute atomic E-state index is 0.0778. The van der Waals surface area contributed by atoms with E-state index in [1.165, 1.54) is 12.8 Å². The van der Waals surface area contributed by atoms with Crippen LogP contribution in [0.25, 0.3) is 0 Å². The predicted molar refractivity (Wildman–Crippen MR) is 76.4 cm³/mol. The molecule has 1 saturated heterocycles. The number of nitrogens with zero attached hydrogens (tertiary/aromatic N) is 1. The lowest BCUT2D eigenvalue weighted by Gasteiger charge is -2.22. The van der Waals surface area contributed by atoms with Gasteiger partial charge in [0.05, 0.1) is 25.5 Å². The summed E-state index contributed by atoms with van der Waals surface area (Å²) >= 11 is 0. The monoisotopic (exact) mass is 280 g/mol. The van der Waals surface area contributed by atoms with E-state index in [0.29, 0.717) is 13.2 Å². The molecule has 1 amide bonds. The lowest BCUT2D eigenvalue weighted by atomic mass is 10.2. The van der Waals surface area contributed by atoms with Crippen molar-refractivity contribution < 1.29 is 13.9 Å². The lowest BCUT2D eigenvalue weighted by Crippen LogP contribution is -2.40. The molecule has 1 aliphatic heterocycles. The largest absolute Gasteiger partial charge is 0.468 e. The summed E-state index contributed by atoms with van der Waals surface area (Å²) in [6, 6.07) is 3.66. The van der Waals surface area contributed by atoms with E-state index in [1.54, 1.807) is 13.4 Å². The predicted octanol–water partition coefficient (Wildman–Crippen LogP) is 1.96. The van der Waals surface area contributed by atoms with Crippen LogP contribution in [0, 0.1) is 0 Å². The lowest BCUT2D eigenvalue weighted by molar-refractivity contribution is -0.130. The number of amides is 1. The average Bonchev–Trinajstić information content (AvgIpc) is 2.85. The van der Waals surface area contributed by atoms with Gasteiger partial charge in [0.1, 0.15) is 5.76 Å². The van der Waals surface area contributed by atoms with E-state index < -0.39 is 0 Å². The number of carbonyl (C=O) groups is 1. The first-order valence-corrected chi connectivity index (χ1v) is 7.34. The van der Waals surface area contributed by atoms with E-state index in [9.17, 15) is 4.79 Å². The molecule has 0 bridgehead atoms. The summed E-state index contributed by atoms with van der Waals surface area (Å²) in [5.41, 5.74) is 0. The molecule has 1 aromatic rings. The second kappa shape index (κ2) is 8.07. The number of carbonyl (C=O) groups excluding carboxylic acids is 1. The molecule has 1 N–H and O–H groups in total. The van der Waals surface area contributed by atoms with Gasteiger partial charge in [-0.2, -0.15) is 0 Å². The maximum absolute atomic E-state index is 12.2. The van der Waals surface area contributed by atoms with Gasteiger partial charge in [-0.3, -0.25) is 10.1 Å². The zero-order valence-electron chi connectivity index (χ0n) is 12.1. The Balaban J connectivity index is 1.83. The number of nitrogens with one attached hydrogen (secondary N) is 1. The molecule has 1 fully saturated rings. The van der Waals surface area contributed by atoms with Crippen LogP contribution in [0.5, 0.6) is 0 Å². The van der Waals surface area contributed by atoms with Crippen LogP contribution in [0.2, 0.25) is 0 Å². The molecule has 2 rings (SSSR count). The van der Waals surface area contributed by atoms with Gasteiger partial charge in [0.15, 0.2) is 0 Å². The molecule has 0 aliphatic carbocycles. The normalized spacial score (nSPS) is 17.8. The summed E-state index contributed by atoms with van der Waals surface area (Å²) in [5.74, 6) is 0.968. The molecule has 1 atom stereocenters. The molecule has 0 aromatic carbocycles. The number of likely N-dealkylation sites (tertiary alicyclic amines) is 1. The zero-order valence-corrected chi connectivity index (χ0v) is 12.1. The van der Waals surface area contributed by atoms with Gasteiger partial charge < -0.3 is 14.1 Å². The molecule has 20 heavy (non-hydrogen) atoms. The number of hydrogen-bond donors (Lipinski definition) is 1. The van der Waals surface area contributed by atoms with Crippen molar-refractivity contribution in [2.24, 2.45) is 0 Å². The zero-order chi connectivity index (χ0) is 14.2. The molecular weight excluding hydrogens is 256 g/mol.